The predicted molar refractivity (Wildman–Crippen MR) is 141 cm³/mol. The lowest BCUT2D eigenvalue weighted by atomic mass is 9.91. The van der Waals surface area contributed by atoms with Crippen LogP contribution in [0, 0.1) is 6.92 Å². The van der Waals surface area contributed by atoms with Crippen LogP contribution in [0.25, 0.3) is 10.8 Å². The molecule has 0 saturated carbocycles. The average Bonchev–Trinajstić information content (AvgIpc) is 3.43. The summed E-state index contributed by atoms with van der Waals surface area (Å²) < 4.78 is 61.0. The number of aromatic nitrogens is 3. The monoisotopic (exact) mass is 546 g/mol. The molecule has 1 N–H and O–H groups in total. The van der Waals surface area contributed by atoms with Crippen molar-refractivity contribution in [2.75, 3.05) is 23.4 Å². The minimum atomic E-state index is -3.11. The maximum Gasteiger partial charge on any atom is 0.299 e. The Morgan fingerprint density at radius 2 is 1.92 bits per heavy atom. The van der Waals surface area contributed by atoms with Crippen LogP contribution in [0.2, 0.25) is 0 Å². The quantitative estimate of drug-likeness (QED) is 0.490. The van der Waals surface area contributed by atoms with E-state index in [2.05, 4.69) is 15.4 Å². The molecule has 38 heavy (non-hydrogen) atoms. The van der Waals surface area contributed by atoms with Crippen molar-refractivity contribution in [2.24, 2.45) is 7.05 Å². The highest BCUT2D eigenvalue weighted by Crippen LogP contribution is 2.41. The van der Waals surface area contributed by atoms with Gasteiger partial charge in [-0.1, -0.05) is 18.2 Å². The second-order valence-corrected chi connectivity index (χ2v) is 12.7. The third kappa shape index (κ3) is 4.93. The van der Waals surface area contributed by atoms with E-state index in [4.69, 9.17) is 4.74 Å². The van der Waals surface area contributed by atoms with Crippen LogP contribution in [0.1, 0.15) is 67.0 Å². The smallest absolute Gasteiger partial charge is 0.299 e. The fourth-order valence-electron chi connectivity index (χ4n) is 5.58. The number of ether oxygens (including phenoxy) is 1. The first kappa shape index (κ1) is 26.7. The fourth-order valence-corrected chi connectivity index (χ4v) is 7.07. The molecule has 2 aliphatic rings. The second kappa shape index (κ2) is 10.00. The molecule has 1 aromatic carbocycles. The summed E-state index contributed by atoms with van der Waals surface area (Å²) in [4.78, 5) is 17.3. The summed E-state index contributed by atoms with van der Waals surface area (Å²) in [6.07, 6.45) is 2.28. The van der Waals surface area contributed by atoms with Gasteiger partial charge < -0.3 is 10.1 Å². The minimum absolute atomic E-state index is 0.0313. The largest absolute Gasteiger partial charge is 0.372 e. The third-order valence-electron chi connectivity index (χ3n) is 7.82. The molecule has 0 bridgehead atoms. The lowest BCUT2D eigenvalue weighted by Crippen LogP contribution is -2.31. The normalized spacial score (nSPS) is 21.0. The number of fused-ring (bicyclic) bond motifs is 1. The number of nitrogens with one attached hydrogen (secondary N) is 1. The first-order chi connectivity index (χ1) is 18.0. The molecule has 0 amide bonds. The van der Waals surface area contributed by atoms with Gasteiger partial charge in [0.2, 0.25) is 0 Å². The van der Waals surface area contributed by atoms with Crippen LogP contribution < -0.4 is 10.9 Å². The molecule has 2 aliphatic heterocycles. The molecular weight excluding hydrogens is 514 g/mol. The maximum absolute atomic E-state index is 15.3. The van der Waals surface area contributed by atoms with Gasteiger partial charge in [-0.25, -0.2) is 13.1 Å². The standard InChI is InChI=1S/C27H32F2N4O4S/c1-16-19(6-4-7-22(16)27(28,29)24-8-5-11-37-24)17(2)31-25-20-14-23(18-9-12-38(35,36)13-10-18)30-15-21(20)26(34)33(3)32-25/h4,6-7,14-15,17-18,24H,5,8-13H2,1-3H3,(H,31,32)/t17-,24?/m1/s1. The Morgan fingerprint density at radius 3 is 2.61 bits per heavy atom. The highest BCUT2D eigenvalue weighted by molar-refractivity contribution is 7.91. The second-order valence-electron chi connectivity index (χ2n) is 10.4. The Labute approximate surface area is 220 Å². The van der Waals surface area contributed by atoms with Crippen molar-refractivity contribution in [3.05, 3.63) is 63.2 Å². The van der Waals surface area contributed by atoms with Gasteiger partial charge in [-0.2, -0.15) is 13.9 Å². The van der Waals surface area contributed by atoms with E-state index in [0.29, 0.717) is 65.7 Å². The molecule has 4 heterocycles. The molecular formula is C27H32F2N4O4S. The first-order valence-electron chi connectivity index (χ1n) is 12.9. The average molecular weight is 547 g/mol. The van der Waals surface area contributed by atoms with E-state index in [-0.39, 0.29) is 28.5 Å². The summed E-state index contributed by atoms with van der Waals surface area (Å²) in [5, 5.41) is 8.71. The van der Waals surface area contributed by atoms with E-state index in [1.54, 1.807) is 26.1 Å². The van der Waals surface area contributed by atoms with E-state index in [1.807, 2.05) is 13.0 Å². The topological polar surface area (TPSA) is 103 Å². The number of hydrogen-bond acceptors (Lipinski definition) is 7. The molecule has 2 saturated heterocycles. The van der Waals surface area contributed by atoms with Gasteiger partial charge >= 0.3 is 0 Å². The summed E-state index contributed by atoms with van der Waals surface area (Å²) in [6.45, 7) is 3.90. The van der Waals surface area contributed by atoms with Gasteiger partial charge in [-0.05, 0) is 56.7 Å². The number of alkyl halides is 2. The summed E-state index contributed by atoms with van der Waals surface area (Å²) in [5.74, 6) is -2.49. The van der Waals surface area contributed by atoms with Crippen LogP contribution in [-0.2, 0) is 27.5 Å². The van der Waals surface area contributed by atoms with Crippen molar-refractivity contribution in [3.8, 4) is 0 Å². The predicted octanol–water partition coefficient (Wildman–Crippen LogP) is 4.37. The lowest BCUT2D eigenvalue weighted by Gasteiger charge is -2.27. The zero-order chi connectivity index (χ0) is 27.2. The van der Waals surface area contributed by atoms with Crippen molar-refractivity contribution in [1.82, 2.24) is 14.8 Å². The minimum Gasteiger partial charge on any atom is -0.372 e. The number of halogens is 2. The molecule has 2 atom stereocenters. The highest BCUT2D eigenvalue weighted by Gasteiger charge is 2.45. The number of nitrogens with zero attached hydrogens (tertiary/aromatic N) is 3. The van der Waals surface area contributed by atoms with E-state index in [0.717, 1.165) is 0 Å². The molecule has 2 fully saturated rings. The number of anilines is 1. The number of rotatable bonds is 6. The van der Waals surface area contributed by atoms with Crippen LogP contribution in [0.4, 0.5) is 14.6 Å². The lowest BCUT2D eigenvalue weighted by molar-refractivity contribution is -0.122. The van der Waals surface area contributed by atoms with Crippen LogP contribution in [-0.4, -0.2) is 47.4 Å². The highest BCUT2D eigenvalue weighted by atomic mass is 32.2. The van der Waals surface area contributed by atoms with Gasteiger partial charge in [0.25, 0.3) is 11.5 Å². The molecule has 0 radical (unpaired) electrons. The molecule has 0 spiro atoms. The Bertz CT molecular complexity index is 1520. The van der Waals surface area contributed by atoms with Gasteiger partial charge in [0.05, 0.1) is 22.9 Å². The van der Waals surface area contributed by atoms with E-state index in [1.165, 1.54) is 16.9 Å². The van der Waals surface area contributed by atoms with Gasteiger partial charge in [0, 0.05) is 42.4 Å². The number of aryl methyl sites for hydroxylation is 1. The molecule has 11 heteroatoms. The van der Waals surface area contributed by atoms with E-state index >= 15 is 8.78 Å². The van der Waals surface area contributed by atoms with Gasteiger partial charge in [-0.3, -0.25) is 9.78 Å². The zero-order valence-electron chi connectivity index (χ0n) is 21.7. The van der Waals surface area contributed by atoms with Gasteiger partial charge in [0.1, 0.15) is 15.9 Å². The van der Waals surface area contributed by atoms with Crippen molar-refractivity contribution in [3.63, 3.8) is 0 Å². The molecule has 0 aliphatic carbocycles. The maximum atomic E-state index is 15.3. The third-order valence-corrected chi connectivity index (χ3v) is 9.53. The number of benzene rings is 1. The van der Waals surface area contributed by atoms with Crippen molar-refractivity contribution < 1.29 is 21.9 Å². The SMILES string of the molecule is Cc1c([C@@H](C)Nc2nn(C)c(=O)c3cnc(C4CCS(=O)(=O)CC4)cc23)cccc1C(F)(F)C1CCCO1. The Hall–Kier alpha value is -2.92. The molecule has 204 valence electrons. The molecule has 2 aromatic heterocycles. The first-order valence-corrected chi connectivity index (χ1v) is 14.7. The van der Waals surface area contributed by atoms with Gasteiger partial charge in [-0.15, -0.1) is 0 Å². The Kier molecular flexibility index (Phi) is 7.02. The Balaban J connectivity index is 1.49. The summed E-state index contributed by atoms with van der Waals surface area (Å²) >= 11 is 0. The van der Waals surface area contributed by atoms with Crippen molar-refractivity contribution in [1.29, 1.82) is 0 Å². The molecule has 8 nitrogen and oxygen atoms in total. The van der Waals surface area contributed by atoms with E-state index < -0.39 is 27.9 Å². The summed E-state index contributed by atoms with van der Waals surface area (Å²) in [6, 6.07) is 6.29. The fraction of sp³-hybridized carbons (Fsp3) is 0.519. The van der Waals surface area contributed by atoms with Crippen LogP contribution in [0.3, 0.4) is 0 Å². The molecule has 5 rings (SSSR count). The van der Waals surface area contributed by atoms with Crippen LogP contribution >= 0.6 is 0 Å². The zero-order valence-corrected chi connectivity index (χ0v) is 22.5. The summed E-state index contributed by atoms with van der Waals surface area (Å²) in [7, 11) is -1.48. The van der Waals surface area contributed by atoms with E-state index in [9.17, 15) is 13.2 Å². The molecule has 3 aromatic rings. The summed E-state index contributed by atoms with van der Waals surface area (Å²) in [5.41, 5.74) is 1.53. The van der Waals surface area contributed by atoms with Crippen molar-refractivity contribution in [2.45, 2.75) is 63.5 Å². The number of hydrogen-bond donors (Lipinski definition) is 1. The number of sulfone groups is 1. The van der Waals surface area contributed by atoms with Crippen molar-refractivity contribution >= 4 is 26.4 Å². The van der Waals surface area contributed by atoms with Gasteiger partial charge in [0.15, 0.2) is 5.82 Å². The van der Waals surface area contributed by atoms with Crippen LogP contribution in [0.15, 0.2) is 35.3 Å². The Morgan fingerprint density at radius 1 is 1.18 bits per heavy atom. The number of pyridine rings is 1. The molecule has 1 unspecified atom stereocenters. The van der Waals surface area contributed by atoms with Crippen LogP contribution in [0.5, 0.6) is 0 Å².